The highest BCUT2D eigenvalue weighted by Gasteiger charge is 2.33. The van der Waals surface area contributed by atoms with E-state index in [1.807, 2.05) is 31.2 Å². The quantitative estimate of drug-likeness (QED) is 0.234. The number of alkyl halides is 3. The number of urea groups is 1. The molecule has 0 radical (unpaired) electrons. The van der Waals surface area contributed by atoms with Crippen LogP contribution in [0.3, 0.4) is 0 Å². The maximum absolute atomic E-state index is 15.0. The van der Waals surface area contributed by atoms with Gasteiger partial charge < -0.3 is 10.1 Å². The van der Waals surface area contributed by atoms with E-state index < -0.39 is 37.0 Å². The summed E-state index contributed by atoms with van der Waals surface area (Å²) in [6.45, 7) is 3.04. The number of nitrogens with one attached hydrogen (secondary N) is 1. The molecule has 43 heavy (non-hydrogen) atoms. The van der Waals surface area contributed by atoms with Crippen molar-refractivity contribution in [3.8, 4) is 22.8 Å². The van der Waals surface area contributed by atoms with Crippen LogP contribution in [0.2, 0.25) is 0 Å². The lowest BCUT2D eigenvalue weighted by atomic mass is 10.2. The molecule has 1 aliphatic rings. The predicted molar refractivity (Wildman–Crippen MR) is 155 cm³/mol. The third-order valence-corrected chi connectivity index (χ3v) is 7.14. The second-order valence-corrected chi connectivity index (χ2v) is 10.5. The van der Waals surface area contributed by atoms with Gasteiger partial charge in [-0.3, -0.25) is 9.69 Å². The molecule has 1 aliphatic heterocycles. The molecule has 5 rings (SSSR count). The number of carbonyl (C=O) groups excluding carboxylic acids is 2. The van der Waals surface area contributed by atoms with Gasteiger partial charge in [0.25, 0.3) is 0 Å². The van der Waals surface area contributed by atoms with E-state index in [2.05, 4.69) is 20.4 Å². The number of anilines is 2. The van der Waals surface area contributed by atoms with Crippen LogP contribution < -0.4 is 15.0 Å². The Morgan fingerprint density at radius 2 is 1.81 bits per heavy atom. The molecule has 1 saturated heterocycles. The highest BCUT2D eigenvalue weighted by molar-refractivity contribution is 8.15. The number of carbonyl (C=O) groups is 2. The van der Waals surface area contributed by atoms with Crippen molar-refractivity contribution in [3.63, 3.8) is 0 Å². The first-order valence-electron chi connectivity index (χ1n) is 12.9. The molecule has 4 aromatic rings. The summed E-state index contributed by atoms with van der Waals surface area (Å²) in [4.78, 5) is 34.8. The van der Waals surface area contributed by atoms with E-state index in [0.717, 1.165) is 27.9 Å². The number of ether oxygens (including phenoxy) is 1. The molecule has 3 aromatic carbocycles. The second kappa shape index (κ2) is 12.3. The maximum Gasteiger partial charge on any atom is 0.392 e. The number of aromatic nitrogens is 3. The minimum atomic E-state index is -4.41. The van der Waals surface area contributed by atoms with Crippen molar-refractivity contribution in [1.29, 1.82) is 0 Å². The zero-order chi connectivity index (χ0) is 30.7. The van der Waals surface area contributed by atoms with E-state index in [0.29, 0.717) is 11.1 Å². The fraction of sp³-hybridized carbons (Fsp3) is 0.207. The van der Waals surface area contributed by atoms with Crippen LogP contribution in [0.15, 0.2) is 72.0 Å². The summed E-state index contributed by atoms with van der Waals surface area (Å²) in [5.74, 6) is -0.966. The summed E-state index contributed by atoms with van der Waals surface area (Å²) in [6, 6.07) is 15.4. The lowest BCUT2D eigenvalue weighted by molar-refractivity contribution is -0.139. The smallest absolute Gasteiger partial charge is 0.392 e. The molecule has 0 atom stereocenters. The Balaban J connectivity index is 1.32. The van der Waals surface area contributed by atoms with Crippen LogP contribution in [0.25, 0.3) is 17.1 Å². The molecule has 222 valence electrons. The van der Waals surface area contributed by atoms with Crippen LogP contribution in [0.5, 0.6) is 5.75 Å². The molecular formula is C29H24F4N6O3S. The number of hydrogen-bond acceptors (Lipinski definition) is 6. The first kappa shape index (κ1) is 29.8. The average molecular weight is 613 g/mol. The number of aryl methyl sites for hydroxylation is 2. The van der Waals surface area contributed by atoms with Gasteiger partial charge in [0.1, 0.15) is 17.9 Å². The van der Waals surface area contributed by atoms with Crippen molar-refractivity contribution < 1.29 is 31.9 Å². The number of nitrogens with zero attached hydrogens (tertiary/aromatic N) is 5. The van der Waals surface area contributed by atoms with E-state index in [-0.39, 0.29) is 33.9 Å². The Bertz CT molecular complexity index is 1710. The minimum Gasteiger partial charge on any atom is -0.491 e. The molecule has 0 aliphatic carbocycles. The molecule has 0 saturated carbocycles. The van der Waals surface area contributed by atoms with Gasteiger partial charge in [0.2, 0.25) is 5.91 Å². The zero-order valence-corrected chi connectivity index (χ0v) is 23.7. The third kappa shape index (κ3) is 7.20. The van der Waals surface area contributed by atoms with Crippen LogP contribution in [0.1, 0.15) is 17.5 Å². The van der Waals surface area contributed by atoms with Crippen molar-refractivity contribution in [2.24, 2.45) is 4.99 Å². The summed E-state index contributed by atoms with van der Waals surface area (Å²) < 4.78 is 59.8. The number of thioether (sulfide) groups is 1. The Morgan fingerprint density at radius 1 is 1.07 bits per heavy atom. The molecule has 1 fully saturated rings. The number of benzene rings is 3. The summed E-state index contributed by atoms with van der Waals surface area (Å²) in [5, 5.41) is 6.72. The van der Waals surface area contributed by atoms with E-state index >= 15 is 0 Å². The molecule has 3 amide bonds. The topological polar surface area (TPSA) is 102 Å². The Morgan fingerprint density at radius 3 is 2.53 bits per heavy atom. The standard InChI is InChI=1S/C29H24F4N6O3S/c1-17-3-7-20(8-4-17)38-16-34-26(37-38)19-6-9-22(21(30)14-19)35-27(41)36-28-39(25(40)15-43-28)23-13-18(2)5-10-24(23)42-12-11-29(31,32)33/h3-10,13-14,16H,11-12,15H2,1-2H3,(H,35,41). The van der Waals surface area contributed by atoms with Gasteiger partial charge in [-0.2, -0.15) is 18.2 Å². The fourth-order valence-electron chi connectivity index (χ4n) is 4.09. The van der Waals surface area contributed by atoms with Gasteiger partial charge in [-0.25, -0.2) is 18.9 Å². The Hall–Kier alpha value is -4.72. The lowest BCUT2D eigenvalue weighted by Crippen LogP contribution is -2.31. The normalized spacial score (nSPS) is 14.4. The molecule has 1 aromatic heterocycles. The lowest BCUT2D eigenvalue weighted by Gasteiger charge is -2.20. The molecule has 0 unspecified atom stereocenters. The molecule has 0 bridgehead atoms. The Labute approximate surface area is 247 Å². The van der Waals surface area contributed by atoms with Crippen LogP contribution in [0, 0.1) is 19.7 Å². The van der Waals surface area contributed by atoms with Crippen molar-refractivity contribution >= 4 is 40.2 Å². The van der Waals surface area contributed by atoms with Crippen molar-refractivity contribution in [2.75, 3.05) is 22.6 Å². The first-order chi connectivity index (χ1) is 20.5. The van der Waals surface area contributed by atoms with Crippen molar-refractivity contribution in [2.45, 2.75) is 26.4 Å². The van der Waals surface area contributed by atoms with Crippen LogP contribution in [-0.4, -0.2) is 50.4 Å². The predicted octanol–water partition coefficient (Wildman–Crippen LogP) is 6.69. The van der Waals surface area contributed by atoms with Crippen molar-refractivity contribution in [1.82, 2.24) is 14.8 Å². The number of rotatable bonds is 7. The Kier molecular flexibility index (Phi) is 8.48. The third-order valence-electron chi connectivity index (χ3n) is 6.22. The van der Waals surface area contributed by atoms with Crippen molar-refractivity contribution in [3.05, 3.63) is 83.9 Å². The van der Waals surface area contributed by atoms with E-state index in [1.165, 1.54) is 30.6 Å². The zero-order valence-electron chi connectivity index (χ0n) is 22.9. The summed E-state index contributed by atoms with van der Waals surface area (Å²) in [5.41, 5.74) is 2.95. The second-order valence-electron chi connectivity index (χ2n) is 9.57. The number of halogens is 4. The minimum absolute atomic E-state index is 0.0267. The van der Waals surface area contributed by atoms with E-state index in [1.54, 1.807) is 23.7 Å². The van der Waals surface area contributed by atoms with Gasteiger partial charge in [-0.05, 0) is 61.9 Å². The van der Waals surface area contributed by atoms with Gasteiger partial charge in [-0.1, -0.05) is 35.5 Å². The number of aliphatic imine (C=N–C) groups is 1. The highest BCUT2D eigenvalue weighted by atomic mass is 32.2. The van der Waals surface area contributed by atoms with Gasteiger partial charge >= 0.3 is 12.2 Å². The first-order valence-corrected chi connectivity index (χ1v) is 13.9. The van der Waals surface area contributed by atoms with E-state index in [9.17, 15) is 27.2 Å². The largest absolute Gasteiger partial charge is 0.491 e. The van der Waals surface area contributed by atoms with Crippen LogP contribution in [-0.2, 0) is 4.79 Å². The molecule has 14 heteroatoms. The summed E-state index contributed by atoms with van der Waals surface area (Å²) >= 11 is 0.957. The average Bonchev–Trinajstić information content (AvgIpc) is 3.57. The maximum atomic E-state index is 15.0. The van der Waals surface area contributed by atoms with E-state index in [4.69, 9.17) is 4.74 Å². The highest BCUT2D eigenvalue weighted by Crippen LogP contribution is 2.36. The molecule has 9 nitrogen and oxygen atoms in total. The van der Waals surface area contributed by atoms with Gasteiger partial charge in [-0.15, -0.1) is 5.10 Å². The molecule has 1 N–H and O–H groups in total. The van der Waals surface area contributed by atoms with Gasteiger partial charge in [0.05, 0.1) is 35.8 Å². The molecule has 2 heterocycles. The van der Waals surface area contributed by atoms with Crippen LogP contribution in [0.4, 0.5) is 33.7 Å². The van der Waals surface area contributed by atoms with Gasteiger partial charge in [0, 0.05) is 5.56 Å². The summed E-state index contributed by atoms with van der Waals surface area (Å²) in [6.07, 6.45) is -4.08. The number of hydrogen-bond donors (Lipinski definition) is 1. The SMILES string of the molecule is Cc1ccc(-n2cnc(-c3ccc(NC(=O)N=C4SCC(=O)N4c4cc(C)ccc4OCCC(F)(F)F)c(F)c3)n2)cc1. The number of amidine groups is 1. The monoisotopic (exact) mass is 612 g/mol. The van der Waals surface area contributed by atoms with Crippen LogP contribution >= 0.6 is 11.8 Å². The molecular weight excluding hydrogens is 588 g/mol. The summed E-state index contributed by atoms with van der Waals surface area (Å²) in [7, 11) is 0. The number of amides is 3. The molecule has 0 spiro atoms. The fourth-order valence-corrected chi connectivity index (χ4v) is 4.94. The van der Waals surface area contributed by atoms with Gasteiger partial charge in [0.15, 0.2) is 11.0 Å².